The number of alkyl carbamates (subject to hydrolysis) is 1. The van der Waals surface area contributed by atoms with E-state index in [-0.39, 0.29) is 6.09 Å². The minimum atomic E-state index is -0.439. The summed E-state index contributed by atoms with van der Waals surface area (Å²) >= 11 is 0. The van der Waals surface area contributed by atoms with Crippen molar-refractivity contribution in [1.82, 2.24) is 10.6 Å². The molecule has 0 aliphatic heterocycles. The summed E-state index contributed by atoms with van der Waals surface area (Å²) in [5, 5.41) is 6.42. The largest absolute Gasteiger partial charge is 0.444 e. The molecule has 4 heteroatoms. The maximum Gasteiger partial charge on any atom is 0.407 e. The number of nitrogens with one attached hydrogen (secondary N) is 2. The Hall–Kier alpha value is -0.770. The van der Waals surface area contributed by atoms with E-state index in [2.05, 4.69) is 38.3 Å². The van der Waals surface area contributed by atoms with Crippen LogP contribution in [0.3, 0.4) is 0 Å². The zero-order valence-corrected chi connectivity index (χ0v) is 14.4. The van der Waals surface area contributed by atoms with Crippen LogP contribution in [-0.4, -0.2) is 30.8 Å². The van der Waals surface area contributed by atoms with Gasteiger partial charge >= 0.3 is 6.09 Å². The Balaban J connectivity index is 4.12. The van der Waals surface area contributed by atoms with Crippen molar-refractivity contribution in [1.29, 1.82) is 0 Å². The highest BCUT2D eigenvalue weighted by Gasteiger charge is 2.19. The van der Waals surface area contributed by atoms with Crippen LogP contribution in [-0.2, 0) is 4.74 Å². The number of rotatable bonds is 8. The number of amides is 1. The number of carbonyl (C=O) groups excluding carboxylic acids is 1. The predicted octanol–water partition coefficient (Wildman–Crippen LogP) is 3.56. The summed E-state index contributed by atoms with van der Waals surface area (Å²) in [6, 6.07) is 0.530. The molecule has 4 nitrogen and oxygen atoms in total. The molecule has 20 heavy (non-hydrogen) atoms. The van der Waals surface area contributed by atoms with Crippen LogP contribution in [0.2, 0.25) is 0 Å². The molecule has 2 atom stereocenters. The monoisotopic (exact) mass is 286 g/mol. The van der Waals surface area contributed by atoms with Crippen molar-refractivity contribution >= 4 is 6.09 Å². The maximum atomic E-state index is 11.7. The van der Waals surface area contributed by atoms with Gasteiger partial charge in [0.05, 0.1) is 0 Å². The third kappa shape index (κ3) is 10.1. The van der Waals surface area contributed by atoms with E-state index in [0.717, 1.165) is 6.54 Å². The summed E-state index contributed by atoms with van der Waals surface area (Å²) in [6.45, 7) is 16.0. The van der Waals surface area contributed by atoms with E-state index < -0.39 is 5.60 Å². The molecule has 0 rings (SSSR count). The van der Waals surface area contributed by atoms with Crippen LogP contribution in [0.15, 0.2) is 0 Å². The molecule has 2 N–H and O–H groups in total. The van der Waals surface area contributed by atoms with Crippen LogP contribution in [0.5, 0.6) is 0 Å². The smallest absolute Gasteiger partial charge is 0.407 e. The molecule has 0 saturated carbocycles. The van der Waals surface area contributed by atoms with Crippen LogP contribution in [0.1, 0.15) is 61.3 Å². The molecule has 2 unspecified atom stereocenters. The van der Waals surface area contributed by atoms with Crippen molar-refractivity contribution in [2.24, 2.45) is 11.8 Å². The van der Waals surface area contributed by atoms with Crippen LogP contribution in [0.25, 0.3) is 0 Å². The highest BCUT2D eigenvalue weighted by atomic mass is 16.6. The zero-order chi connectivity index (χ0) is 15.8. The summed E-state index contributed by atoms with van der Waals surface area (Å²) in [4.78, 5) is 11.7. The van der Waals surface area contributed by atoms with Gasteiger partial charge in [0, 0.05) is 19.1 Å². The molecule has 0 spiro atoms. The van der Waals surface area contributed by atoms with Crippen LogP contribution in [0.4, 0.5) is 4.79 Å². The second-order valence-electron chi connectivity index (χ2n) is 6.98. The minimum absolute atomic E-state index is 0.329. The topological polar surface area (TPSA) is 50.4 Å². The SMILES string of the molecule is CCCC(C)NCC(CNC(=O)OC(C)(C)C)C(C)C. The summed E-state index contributed by atoms with van der Waals surface area (Å²) in [7, 11) is 0. The predicted molar refractivity (Wildman–Crippen MR) is 84.9 cm³/mol. The van der Waals surface area contributed by atoms with Crippen LogP contribution in [0, 0.1) is 11.8 Å². The molecule has 0 aliphatic rings. The molecule has 0 aromatic heterocycles. The highest BCUT2D eigenvalue weighted by molar-refractivity contribution is 5.67. The van der Waals surface area contributed by atoms with Crippen molar-refractivity contribution in [2.45, 2.75) is 73.0 Å². The van der Waals surface area contributed by atoms with E-state index in [4.69, 9.17) is 4.74 Å². The van der Waals surface area contributed by atoms with Gasteiger partial charge in [-0.15, -0.1) is 0 Å². The lowest BCUT2D eigenvalue weighted by Gasteiger charge is -2.25. The van der Waals surface area contributed by atoms with E-state index in [0.29, 0.717) is 24.4 Å². The first-order chi connectivity index (χ1) is 9.15. The Morgan fingerprint density at radius 3 is 2.20 bits per heavy atom. The Morgan fingerprint density at radius 2 is 1.75 bits per heavy atom. The molecule has 0 fully saturated rings. The third-order valence-electron chi connectivity index (χ3n) is 3.30. The van der Waals surface area contributed by atoms with E-state index in [9.17, 15) is 4.79 Å². The van der Waals surface area contributed by atoms with Crippen molar-refractivity contribution in [3.05, 3.63) is 0 Å². The van der Waals surface area contributed by atoms with Gasteiger partial charge in [-0.25, -0.2) is 4.79 Å². The molecule has 0 radical (unpaired) electrons. The van der Waals surface area contributed by atoms with Gasteiger partial charge in [-0.3, -0.25) is 0 Å². The Bertz CT molecular complexity index is 272. The maximum absolute atomic E-state index is 11.7. The number of ether oxygens (including phenoxy) is 1. The van der Waals surface area contributed by atoms with Gasteiger partial charge in [-0.05, 0) is 46.0 Å². The fourth-order valence-electron chi connectivity index (χ4n) is 1.96. The Labute approximate surface area is 125 Å². The molecule has 0 heterocycles. The molecule has 0 bridgehead atoms. The van der Waals surface area contributed by atoms with Crippen molar-refractivity contribution in [3.63, 3.8) is 0 Å². The minimum Gasteiger partial charge on any atom is -0.444 e. The second-order valence-corrected chi connectivity index (χ2v) is 6.98. The van der Waals surface area contributed by atoms with E-state index in [1.165, 1.54) is 12.8 Å². The average Bonchev–Trinajstić information content (AvgIpc) is 2.26. The Morgan fingerprint density at radius 1 is 1.15 bits per heavy atom. The van der Waals surface area contributed by atoms with E-state index in [1.807, 2.05) is 20.8 Å². The molecule has 1 amide bonds. The lowest BCUT2D eigenvalue weighted by atomic mass is 9.95. The zero-order valence-electron chi connectivity index (χ0n) is 14.4. The molecule has 0 aliphatic carbocycles. The summed E-state index contributed by atoms with van der Waals surface area (Å²) in [5.41, 5.74) is -0.439. The van der Waals surface area contributed by atoms with Gasteiger partial charge in [-0.1, -0.05) is 27.2 Å². The number of hydrogen-bond acceptors (Lipinski definition) is 3. The van der Waals surface area contributed by atoms with Gasteiger partial charge in [0.25, 0.3) is 0 Å². The van der Waals surface area contributed by atoms with Gasteiger partial charge in [-0.2, -0.15) is 0 Å². The third-order valence-corrected chi connectivity index (χ3v) is 3.30. The van der Waals surface area contributed by atoms with Crippen molar-refractivity contribution in [2.75, 3.05) is 13.1 Å². The molecular formula is C16H34N2O2. The quantitative estimate of drug-likeness (QED) is 0.717. The van der Waals surface area contributed by atoms with Crippen LogP contribution < -0.4 is 10.6 Å². The average molecular weight is 286 g/mol. The molecule has 0 aromatic rings. The first-order valence-electron chi connectivity index (χ1n) is 7.86. The molecule has 120 valence electrons. The fourth-order valence-corrected chi connectivity index (χ4v) is 1.96. The van der Waals surface area contributed by atoms with E-state index in [1.54, 1.807) is 0 Å². The number of hydrogen-bond donors (Lipinski definition) is 2. The van der Waals surface area contributed by atoms with Gasteiger partial charge in [0.1, 0.15) is 5.60 Å². The first-order valence-corrected chi connectivity index (χ1v) is 7.86. The molecule has 0 saturated heterocycles. The molecular weight excluding hydrogens is 252 g/mol. The number of carbonyl (C=O) groups is 1. The van der Waals surface area contributed by atoms with Crippen LogP contribution >= 0.6 is 0 Å². The fraction of sp³-hybridized carbons (Fsp3) is 0.938. The second kappa shape index (κ2) is 9.22. The standard InChI is InChI=1S/C16H34N2O2/c1-8-9-13(4)17-10-14(12(2)3)11-18-15(19)20-16(5,6)7/h12-14,17H,8-11H2,1-7H3,(H,18,19). The summed E-state index contributed by atoms with van der Waals surface area (Å²) in [5.74, 6) is 0.938. The van der Waals surface area contributed by atoms with Gasteiger partial charge in [0.15, 0.2) is 0 Å². The molecule has 0 aromatic carbocycles. The van der Waals surface area contributed by atoms with Gasteiger partial charge in [0.2, 0.25) is 0 Å². The summed E-state index contributed by atoms with van der Waals surface area (Å²) in [6.07, 6.45) is 2.05. The lowest BCUT2D eigenvalue weighted by molar-refractivity contribution is 0.0514. The van der Waals surface area contributed by atoms with E-state index >= 15 is 0 Å². The van der Waals surface area contributed by atoms with Crippen molar-refractivity contribution in [3.8, 4) is 0 Å². The normalized spacial score (nSPS) is 15.0. The lowest BCUT2D eigenvalue weighted by Crippen LogP contribution is -2.41. The van der Waals surface area contributed by atoms with Gasteiger partial charge < -0.3 is 15.4 Å². The first kappa shape index (κ1) is 19.2. The van der Waals surface area contributed by atoms with Crippen molar-refractivity contribution < 1.29 is 9.53 Å². The summed E-state index contributed by atoms with van der Waals surface area (Å²) < 4.78 is 5.26. The Kier molecular flexibility index (Phi) is 8.86. The highest BCUT2D eigenvalue weighted by Crippen LogP contribution is 2.11.